The molecule has 0 unspecified atom stereocenters. The summed E-state index contributed by atoms with van der Waals surface area (Å²) in [6.45, 7) is 1.68. The molecular formula is C13H16ClNO5. The van der Waals surface area contributed by atoms with Gasteiger partial charge in [-0.1, -0.05) is 11.6 Å². The summed E-state index contributed by atoms with van der Waals surface area (Å²) in [6.07, 6.45) is 0.813. The largest absolute Gasteiger partial charge is 0.506 e. The van der Waals surface area contributed by atoms with Gasteiger partial charge in [0, 0.05) is 6.42 Å². The van der Waals surface area contributed by atoms with E-state index in [1.165, 1.54) is 0 Å². The summed E-state index contributed by atoms with van der Waals surface area (Å²) in [5.74, 6) is -1.91. The number of ether oxygens (including phenoxy) is 1. The van der Waals surface area contributed by atoms with Crippen molar-refractivity contribution in [2.24, 2.45) is 5.73 Å². The van der Waals surface area contributed by atoms with Crippen LogP contribution in [-0.2, 0) is 9.53 Å². The van der Waals surface area contributed by atoms with E-state index in [0.29, 0.717) is 12.8 Å². The number of phenols is 2. The third kappa shape index (κ3) is 4.62. The van der Waals surface area contributed by atoms with Crippen molar-refractivity contribution in [1.29, 1.82) is 0 Å². The van der Waals surface area contributed by atoms with Crippen LogP contribution < -0.4 is 5.73 Å². The Kier molecular flexibility index (Phi) is 5.64. The quantitative estimate of drug-likeness (QED) is 0.696. The molecule has 0 aliphatic carbocycles. The zero-order valence-electron chi connectivity index (χ0n) is 10.9. The highest BCUT2D eigenvalue weighted by Gasteiger charge is 2.16. The highest BCUT2D eigenvalue weighted by Crippen LogP contribution is 2.33. The summed E-state index contributed by atoms with van der Waals surface area (Å²) in [5, 5.41) is 18.6. The summed E-state index contributed by atoms with van der Waals surface area (Å²) in [4.78, 5) is 22.4. The van der Waals surface area contributed by atoms with E-state index >= 15 is 0 Å². The molecule has 110 valence electrons. The van der Waals surface area contributed by atoms with Crippen LogP contribution in [0.4, 0.5) is 0 Å². The Hall–Kier alpha value is -1.95. The number of carbonyl (C=O) groups excluding carboxylic acids is 2. The van der Waals surface area contributed by atoms with Gasteiger partial charge in [0.2, 0.25) is 5.91 Å². The maximum atomic E-state index is 11.8. The van der Waals surface area contributed by atoms with E-state index < -0.39 is 29.5 Å². The van der Waals surface area contributed by atoms with Gasteiger partial charge < -0.3 is 20.7 Å². The fraction of sp³-hybridized carbons (Fsp3) is 0.385. The van der Waals surface area contributed by atoms with Gasteiger partial charge >= 0.3 is 5.97 Å². The molecule has 0 aromatic heterocycles. The van der Waals surface area contributed by atoms with Crippen LogP contribution in [0.2, 0.25) is 5.02 Å². The van der Waals surface area contributed by atoms with Crippen LogP contribution in [0.3, 0.4) is 0 Å². The van der Waals surface area contributed by atoms with Gasteiger partial charge in [-0.05, 0) is 31.9 Å². The number of nitrogens with two attached hydrogens (primary N) is 1. The SMILES string of the molecule is C[C@@H](CCCC(N)=O)OC(=O)c1cc(O)c(Cl)c(O)c1. The van der Waals surface area contributed by atoms with Gasteiger partial charge in [0.15, 0.2) is 0 Å². The highest BCUT2D eigenvalue weighted by molar-refractivity contribution is 6.33. The van der Waals surface area contributed by atoms with Crippen LogP contribution >= 0.6 is 11.6 Å². The van der Waals surface area contributed by atoms with Crippen LogP contribution in [0.1, 0.15) is 36.5 Å². The fourth-order valence-corrected chi connectivity index (χ4v) is 1.69. The molecule has 1 aromatic carbocycles. The van der Waals surface area contributed by atoms with Gasteiger partial charge in [-0.2, -0.15) is 0 Å². The fourth-order valence-electron chi connectivity index (χ4n) is 1.59. The lowest BCUT2D eigenvalue weighted by molar-refractivity contribution is -0.118. The lowest BCUT2D eigenvalue weighted by atomic mass is 10.1. The predicted octanol–water partition coefficient (Wildman–Crippen LogP) is 1.95. The van der Waals surface area contributed by atoms with Crippen molar-refractivity contribution in [3.8, 4) is 11.5 Å². The number of hydrogen-bond donors (Lipinski definition) is 3. The van der Waals surface area contributed by atoms with E-state index in [-0.39, 0.29) is 17.0 Å². The second kappa shape index (κ2) is 7.00. The van der Waals surface area contributed by atoms with Crippen LogP contribution in [0.25, 0.3) is 0 Å². The lowest BCUT2D eigenvalue weighted by Gasteiger charge is -2.13. The van der Waals surface area contributed by atoms with E-state index in [0.717, 1.165) is 12.1 Å². The van der Waals surface area contributed by atoms with E-state index in [2.05, 4.69) is 0 Å². The average molecular weight is 302 g/mol. The third-order valence-electron chi connectivity index (χ3n) is 2.61. The molecule has 1 rings (SSSR count). The van der Waals surface area contributed by atoms with Gasteiger partial charge in [-0.15, -0.1) is 0 Å². The number of benzene rings is 1. The van der Waals surface area contributed by atoms with E-state index in [1.807, 2.05) is 0 Å². The monoisotopic (exact) mass is 301 g/mol. The number of rotatable bonds is 6. The van der Waals surface area contributed by atoms with Crippen molar-refractivity contribution in [3.05, 3.63) is 22.7 Å². The zero-order chi connectivity index (χ0) is 15.3. The third-order valence-corrected chi connectivity index (χ3v) is 3.00. The molecule has 0 spiro atoms. The van der Waals surface area contributed by atoms with Crippen LogP contribution in [0.15, 0.2) is 12.1 Å². The molecular weight excluding hydrogens is 286 g/mol. The molecule has 0 radical (unpaired) electrons. The molecule has 1 aromatic rings. The zero-order valence-corrected chi connectivity index (χ0v) is 11.7. The van der Waals surface area contributed by atoms with E-state index in [4.69, 9.17) is 22.1 Å². The molecule has 20 heavy (non-hydrogen) atoms. The molecule has 7 heteroatoms. The highest BCUT2D eigenvalue weighted by atomic mass is 35.5. The molecule has 0 saturated heterocycles. The molecule has 0 fully saturated rings. The van der Waals surface area contributed by atoms with Crippen molar-refractivity contribution in [2.75, 3.05) is 0 Å². The molecule has 0 bridgehead atoms. The second-order valence-corrected chi connectivity index (χ2v) is 4.78. The maximum Gasteiger partial charge on any atom is 0.338 e. The summed E-state index contributed by atoms with van der Waals surface area (Å²) in [5.41, 5.74) is 5.00. The minimum atomic E-state index is -0.696. The minimum absolute atomic E-state index is 0.00819. The molecule has 0 heterocycles. The standard InChI is InChI=1S/C13H16ClNO5/c1-7(3-2-4-11(15)18)20-13(19)8-5-9(16)12(14)10(17)6-8/h5-7,16-17H,2-4H2,1H3,(H2,15,18)/t7-/m0/s1. The molecule has 1 atom stereocenters. The number of aromatic hydroxyl groups is 2. The van der Waals surface area contributed by atoms with Gasteiger partial charge in [0.1, 0.15) is 16.5 Å². The van der Waals surface area contributed by atoms with E-state index in [1.54, 1.807) is 6.92 Å². The number of phenolic OH excluding ortho intramolecular Hbond substituents is 2. The van der Waals surface area contributed by atoms with Gasteiger partial charge in [0.25, 0.3) is 0 Å². The normalized spacial score (nSPS) is 11.9. The smallest absolute Gasteiger partial charge is 0.338 e. The van der Waals surface area contributed by atoms with Crippen molar-refractivity contribution in [3.63, 3.8) is 0 Å². The number of primary amides is 1. The first kappa shape index (κ1) is 16.1. The van der Waals surface area contributed by atoms with Crippen molar-refractivity contribution in [1.82, 2.24) is 0 Å². The Morgan fingerprint density at radius 1 is 1.35 bits per heavy atom. The van der Waals surface area contributed by atoms with Crippen LogP contribution in [0.5, 0.6) is 11.5 Å². The van der Waals surface area contributed by atoms with Crippen LogP contribution in [-0.4, -0.2) is 28.2 Å². The van der Waals surface area contributed by atoms with E-state index in [9.17, 15) is 19.8 Å². The minimum Gasteiger partial charge on any atom is -0.506 e. The number of amides is 1. The Morgan fingerprint density at radius 3 is 2.40 bits per heavy atom. The Balaban J connectivity index is 2.60. The molecule has 6 nitrogen and oxygen atoms in total. The summed E-state index contributed by atoms with van der Waals surface area (Å²) in [7, 11) is 0. The molecule has 4 N–H and O–H groups in total. The summed E-state index contributed by atoms with van der Waals surface area (Å²) in [6, 6.07) is 2.22. The first-order chi connectivity index (χ1) is 9.31. The maximum absolute atomic E-state index is 11.8. The van der Waals surface area contributed by atoms with Gasteiger partial charge in [-0.3, -0.25) is 4.79 Å². The van der Waals surface area contributed by atoms with Crippen molar-refractivity contribution >= 4 is 23.5 Å². The van der Waals surface area contributed by atoms with Crippen molar-refractivity contribution < 1.29 is 24.5 Å². The summed E-state index contributed by atoms with van der Waals surface area (Å²) < 4.78 is 5.11. The number of hydrogen-bond acceptors (Lipinski definition) is 5. The Morgan fingerprint density at radius 2 is 1.90 bits per heavy atom. The topological polar surface area (TPSA) is 110 Å². The first-order valence-electron chi connectivity index (χ1n) is 6.02. The van der Waals surface area contributed by atoms with Crippen molar-refractivity contribution in [2.45, 2.75) is 32.3 Å². The Labute approximate surface area is 121 Å². The predicted molar refractivity (Wildman–Crippen MR) is 72.7 cm³/mol. The summed E-state index contributed by atoms with van der Waals surface area (Å²) >= 11 is 5.56. The number of carbonyl (C=O) groups is 2. The average Bonchev–Trinajstić information content (AvgIpc) is 2.34. The molecule has 1 amide bonds. The molecule has 0 aliphatic rings. The Bertz CT molecular complexity index is 494. The first-order valence-corrected chi connectivity index (χ1v) is 6.39. The molecule has 0 saturated carbocycles. The van der Waals surface area contributed by atoms with Gasteiger partial charge in [0.05, 0.1) is 11.7 Å². The van der Waals surface area contributed by atoms with Gasteiger partial charge in [-0.25, -0.2) is 4.79 Å². The second-order valence-electron chi connectivity index (χ2n) is 4.40. The number of esters is 1. The molecule has 0 aliphatic heterocycles. The number of halogens is 1. The lowest BCUT2D eigenvalue weighted by Crippen LogP contribution is -2.16. The van der Waals surface area contributed by atoms with Crippen LogP contribution in [0, 0.1) is 0 Å².